The minimum Gasteiger partial charge on any atom is -0.356 e. The summed E-state index contributed by atoms with van der Waals surface area (Å²) in [5.41, 5.74) is 6.40. The van der Waals surface area contributed by atoms with Crippen molar-refractivity contribution in [3.8, 4) is 0 Å². The van der Waals surface area contributed by atoms with Crippen molar-refractivity contribution in [2.45, 2.75) is 25.9 Å². The molecule has 0 spiro atoms. The molecule has 0 saturated heterocycles. The van der Waals surface area contributed by atoms with E-state index in [0.717, 1.165) is 17.8 Å². The quantitative estimate of drug-likeness (QED) is 0.915. The maximum absolute atomic E-state index is 13.2. The summed E-state index contributed by atoms with van der Waals surface area (Å²) in [6, 6.07) is 5.91. The van der Waals surface area contributed by atoms with Crippen LogP contribution in [0.2, 0.25) is 0 Å². The molecule has 1 atom stereocenters. The van der Waals surface area contributed by atoms with Gasteiger partial charge in [-0.25, -0.2) is 9.37 Å². The molecular weight excluding hydrogens is 261 g/mol. The molecule has 2 heterocycles. The summed E-state index contributed by atoms with van der Waals surface area (Å²) in [7, 11) is 1.97. The van der Waals surface area contributed by atoms with Gasteiger partial charge < -0.3 is 10.6 Å². The first-order valence-electron chi connectivity index (χ1n) is 6.21. The van der Waals surface area contributed by atoms with Crippen LogP contribution in [0.25, 0.3) is 0 Å². The molecule has 19 heavy (non-hydrogen) atoms. The van der Waals surface area contributed by atoms with E-state index in [1.54, 1.807) is 11.3 Å². The van der Waals surface area contributed by atoms with Crippen LogP contribution in [0.4, 0.5) is 10.2 Å². The standard InChI is InChI=1S/C14H18FN3S/c1-10(6-13-4-3-5-19-13)18(2)14-11(8-16)7-12(15)9-17-14/h3-5,7,9-10H,6,8,16H2,1-2H3. The molecule has 0 aromatic carbocycles. The van der Waals surface area contributed by atoms with Gasteiger partial charge in [-0.05, 0) is 24.4 Å². The van der Waals surface area contributed by atoms with Crippen LogP contribution in [0.1, 0.15) is 17.4 Å². The summed E-state index contributed by atoms with van der Waals surface area (Å²) in [6.07, 6.45) is 2.18. The smallest absolute Gasteiger partial charge is 0.141 e. The molecule has 0 aliphatic rings. The fraction of sp³-hybridized carbons (Fsp3) is 0.357. The number of anilines is 1. The zero-order chi connectivity index (χ0) is 13.8. The molecule has 3 nitrogen and oxygen atoms in total. The molecule has 2 aromatic rings. The van der Waals surface area contributed by atoms with E-state index >= 15 is 0 Å². The van der Waals surface area contributed by atoms with Crippen molar-refractivity contribution in [1.29, 1.82) is 0 Å². The van der Waals surface area contributed by atoms with Gasteiger partial charge in [0.1, 0.15) is 11.6 Å². The summed E-state index contributed by atoms with van der Waals surface area (Å²) in [6.45, 7) is 2.42. The first-order chi connectivity index (χ1) is 9.11. The average Bonchev–Trinajstić information content (AvgIpc) is 2.90. The molecule has 2 N–H and O–H groups in total. The SMILES string of the molecule is CC(Cc1cccs1)N(C)c1ncc(F)cc1CN. The number of aromatic nitrogens is 1. The van der Waals surface area contributed by atoms with Crippen LogP contribution < -0.4 is 10.6 Å². The number of halogens is 1. The van der Waals surface area contributed by atoms with Crippen LogP contribution in [0, 0.1) is 5.82 Å². The number of pyridine rings is 1. The van der Waals surface area contributed by atoms with E-state index in [-0.39, 0.29) is 18.4 Å². The van der Waals surface area contributed by atoms with E-state index in [1.807, 2.05) is 13.1 Å². The second-order valence-corrected chi connectivity index (χ2v) is 5.62. The Kier molecular flexibility index (Phi) is 4.50. The molecule has 0 radical (unpaired) electrons. The molecule has 2 aromatic heterocycles. The highest BCUT2D eigenvalue weighted by Crippen LogP contribution is 2.21. The van der Waals surface area contributed by atoms with Crippen LogP contribution in [-0.2, 0) is 13.0 Å². The number of thiophene rings is 1. The van der Waals surface area contributed by atoms with Gasteiger partial charge in [0.05, 0.1) is 6.20 Å². The number of nitrogens with zero attached hydrogens (tertiary/aromatic N) is 2. The number of hydrogen-bond acceptors (Lipinski definition) is 4. The van der Waals surface area contributed by atoms with E-state index in [1.165, 1.54) is 17.1 Å². The Morgan fingerprint density at radius 1 is 1.53 bits per heavy atom. The maximum Gasteiger partial charge on any atom is 0.141 e. The summed E-state index contributed by atoms with van der Waals surface area (Å²) in [4.78, 5) is 7.56. The van der Waals surface area contributed by atoms with Crippen molar-refractivity contribution in [1.82, 2.24) is 4.98 Å². The highest BCUT2D eigenvalue weighted by Gasteiger charge is 2.16. The number of nitrogens with two attached hydrogens (primary N) is 1. The van der Waals surface area contributed by atoms with Crippen molar-refractivity contribution < 1.29 is 4.39 Å². The fourth-order valence-electron chi connectivity index (χ4n) is 2.01. The molecule has 0 aliphatic heterocycles. The van der Waals surface area contributed by atoms with E-state index < -0.39 is 0 Å². The molecule has 0 bridgehead atoms. The molecule has 0 aliphatic carbocycles. The van der Waals surface area contributed by atoms with Crippen LogP contribution in [0.15, 0.2) is 29.8 Å². The average molecular weight is 279 g/mol. The monoisotopic (exact) mass is 279 g/mol. The second kappa shape index (κ2) is 6.12. The van der Waals surface area contributed by atoms with Crippen molar-refractivity contribution in [3.63, 3.8) is 0 Å². The number of likely N-dealkylation sites (N-methyl/N-ethyl adjacent to an activating group) is 1. The lowest BCUT2D eigenvalue weighted by molar-refractivity contribution is 0.613. The summed E-state index contributed by atoms with van der Waals surface area (Å²) in [5, 5.41) is 2.07. The van der Waals surface area contributed by atoms with Gasteiger partial charge in [-0.1, -0.05) is 6.07 Å². The Bertz CT molecular complexity index is 527. The van der Waals surface area contributed by atoms with E-state index in [2.05, 4.69) is 28.3 Å². The Morgan fingerprint density at radius 2 is 2.32 bits per heavy atom. The van der Waals surface area contributed by atoms with Crippen LogP contribution in [-0.4, -0.2) is 18.1 Å². The Hall–Kier alpha value is -1.46. The van der Waals surface area contributed by atoms with Gasteiger partial charge >= 0.3 is 0 Å². The minimum atomic E-state index is -0.344. The third-order valence-electron chi connectivity index (χ3n) is 3.20. The van der Waals surface area contributed by atoms with E-state index in [9.17, 15) is 4.39 Å². The lowest BCUT2D eigenvalue weighted by Gasteiger charge is -2.27. The fourth-order valence-corrected chi connectivity index (χ4v) is 2.83. The highest BCUT2D eigenvalue weighted by atomic mass is 32.1. The van der Waals surface area contributed by atoms with Gasteiger partial charge in [0, 0.05) is 36.5 Å². The highest BCUT2D eigenvalue weighted by molar-refractivity contribution is 7.09. The largest absolute Gasteiger partial charge is 0.356 e. The van der Waals surface area contributed by atoms with Gasteiger partial charge in [-0.3, -0.25) is 0 Å². The number of hydrogen-bond donors (Lipinski definition) is 1. The summed E-state index contributed by atoms with van der Waals surface area (Å²) < 4.78 is 13.2. The van der Waals surface area contributed by atoms with E-state index in [0.29, 0.717) is 0 Å². The van der Waals surface area contributed by atoms with Gasteiger partial charge in [0.25, 0.3) is 0 Å². The molecule has 0 amide bonds. The third kappa shape index (κ3) is 3.30. The second-order valence-electron chi connectivity index (χ2n) is 4.58. The van der Waals surface area contributed by atoms with Gasteiger partial charge in [0.2, 0.25) is 0 Å². The zero-order valence-corrected chi connectivity index (χ0v) is 12.0. The summed E-state index contributed by atoms with van der Waals surface area (Å²) in [5.74, 6) is 0.413. The van der Waals surface area contributed by atoms with Gasteiger partial charge in [-0.15, -0.1) is 11.3 Å². The van der Waals surface area contributed by atoms with Crippen molar-refractivity contribution >= 4 is 17.2 Å². The van der Waals surface area contributed by atoms with Crippen molar-refractivity contribution in [3.05, 3.63) is 46.0 Å². The number of rotatable bonds is 5. The van der Waals surface area contributed by atoms with Gasteiger partial charge in [0.15, 0.2) is 0 Å². The maximum atomic E-state index is 13.2. The summed E-state index contributed by atoms with van der Waals surface area (Å²) >= 11 is 1.74. The van der Waals surface area contributed by atoms with Gasteiger partial charge in [-0.2, -0.15) is 0 Å². The van der Waals surface area contributed by atoms with Crippen LogP contribution in [0.5, 0.6) is 0 Å². The predicted octanol–water partition coefficient (Wildman–Crippen LogP) is 2.81. The van der Waals surface area contributed by atoms with Crippen molar-refractivity contribution in [2.75, 3.05) is 11.9 Å². The molecule has 5 heteroatoms. The van der Waals surface area contributed by atoms with Crippen LogP contribution >= 0.6 is 11.3 Å². The first kappa shape index (κ1) is 14.0. The Balaban J connectivity index is 2.16. The molecular formula is C14H18FN3S. The molecule has 0 fully saturated rings. The first-order valence-corrected chi connectivity index (χ1v) is 7.09. The molecule has 1 unspecified atom stereocenters. The van der Waals surface area contributed by atoms with Crippen molar-refractivity contribution in [2.24, 2.45) is 5.73 Å². The normalized spacial score (nSPS) is 12.4. The third-order valence-corrected chi connectivity index (χ3v) is 4.10. The minimum absolute atomic E-state index is 0.280. The predicted molar refractivity (Wildman–Crippen MR) is 78.0 cm³/mol. The van der Waals surface area contributed by atoms with Crippen LogP contribution in [0.3, 0.4) is 0 Å². The molecule has 0 saturated carbocycles. The molecule has 2 rings (SSSR count). The zero-order valence-electron chi connectivity index (χ0n) is 11.1. The Morgan fingerprint density at radius 3 is 2.95 bits per heavy atom. The Labute approximate surface area is 116 Å². The molecule has 102 valence electrons. The topological polar surface area (TPSA) is 42.2 Å². The van der Waals surface area contributed by atoms with E-state index in [4.69, 9.17) is 5.73 Å². The lowest BCUT2D eigenvalue weighted by atomic mass is 10.1. The lowest BCUT2D eigenvalue weighted by Crippen LogP contribution is -2.32.